The molecule has 160 valence electrons. The predicted molar refractivity (Wildman–Crippen MR) is 110 cm³/mol. The van der Waals surface area contributed by atoms with Gasteiger partial charge in [-0.1, -0.05) is 23.9 Å². The molecule has 1 unspecified atom stereocenters. The average Bonchev–Trinajstić information content (AvgIpc) is 2.74. The van der Waals surface area contributed by atoms with Gasteiger partial charge in [0.2, 0.25) is 0 Å². The van der Waals surface area contributed by atoms with Crippen LogP contribution >= 0.6 is 11.8 Å². The summed E-state index contributed by atoms with van der Waals surface area (Å²) in [7, 11) is 0. The van der Waals surface area contributed by atoms with Gasteiger partial charge in [-0.05, 0) is 19.9 Å². The summed E-state index contributed by atoms with van der Waals surface area (Å²) in [5, 5.41) is 15.6. The first-order chi connectivity index (χ1) is 14.4. The molecule has 8 nitrogen and oxygen atoms in total. The third kappa shape index (κ3) is 5.03. The molecule has 1 aliphatic rings. The van der Waals surface area contributed by atoms with Gasteiger partial charge in [-0.25, -0.2) is 23.5 Å². The molecule has 0 saturated heterocycles. The van der Waals surface area contributed by atoms with E-state index in [1.54, 1.807) is 13.8 Å². The normalized spacial score (nSPS) is 15.8. The molecular weight excluding hydrogens is 416 g/mol. The summed E-state index contributed by atoms with van der Waals surface area (Å²) in [5.74, 6) is -1.61. The van der Waals surface area contributed by atoms with Crippen molar-refractivity contribution in [3.05, 3.63) is 35.4 Å². The number of anilines is 2. The fraction of sp³-hybridized carbons (Fsp3) is 0.368. The molecular formula is C19H21F2N5O3S. The number of benzene rings is 1. The molecule has 11 heteroatoms. The van der Waals surface area contributed by atoms with Crippen LogP contribution in [0.15, 0.2) is 28.3 Å². The quantitative estimate of drug-likeness (QED) is 0.329. The van der Waals surface area contributed by atoms with Crippen LogP contribution in [0, 0.1) is 11.6 Å². The summed E-state index contributed by atoms with van der Waals surface area (Å²) in [6.07, 6.45) is 1.40. The largest absolute Gasteiger partial charge is 0.464 e. The number of halogens is 2. The number of aromatic nitrogens is 2. The first-order valence-electron chi connectivity index (χ1n) is 9.25. The van der Waals surface area contributed by atoms with E-state index in [9.17, 15) is 18.7 Å². The summed E-state index contributed by atoms with van der Waals surface area (Å²) < 4.78 is 32.4. The van der Waals surface area contributed by atoms with Crippen LogP contribution in [-0.2, 0) is 15.3 Å². The molecule has 0 aliphatic carbocycles. The van der Waals surface area contributed by atoms with Crippen LogP contribution in [0.3, 0.4) is 0 Å². The van der Waals surface area contributed by atoms with E-state index in [2.05, 4.69) is 25.6 Å². The van der Waals surface area contributed by atoms with Crippen molar-refractivity contribution in [2.24, 2.45) is 4.99 Å². The van der Waals surface area contributed by atoms with E-state index in [1.807, 2.05) is 0 Å². The van der Waals surface area contributed by atoms with Crippen LogP contribution in [0.2, 0.25) is 0 Å². The van der Waals surface area contributed by atoms with Gasteiger partial charge in [0.1, 0.15) is 5.69 Å². The Kier molecular flexibility index (Phi) is 7.16. The van der Waals surface area contributed by atoms with Crippen LogP contribution in [0.25, 0.3) is 0 Å². The molecule has 0 radical (unpaired) electrons. The second-order valence-corrected chi connectivity index (χ2v) is 7.38. The zero-order valence-electron chi connectivity index (χ0n) is 16.4. The Labute approximate surface area is 176 Å². The molecule has 0 amide bonds. The van der Waals surface area contributed by atoms with E-state index in [1.165, 1.54) is 18.3 Å². The number of aliphatic imine (C=N–C) groups is 1. The highest BCUT2D eigenvalue weighted by atomic mass is 32.2. The fourth-order valence-electron chi connectivity index (χ4n) is 2.59. The summed E-state index contributed by atoms with van der Waals surface area (Å²) in [4.78, 5) is 25.1. The number of ether oxygens (including phenoxy) is 1. The second-order valence-electron chi connectivity index (χ2n) is 6.43. The molecule has 1 aromatic carbocycles. The molecule has 1 aliphatic heterocycles. The molecule has 0 spiro atoms. The van der Waals surface area contributed by atoms with Gasteiger partial charge in [0.05, 0.1) is 13.2 Å². The number of nitrogens with zero attached hydrogens (tertiary/aromatic N) is 3. The average molecular weight is 437 g/mol. The summed E-state index contributed by atoms with van der Waals surface area (Å²) in [6, 6.07) is 2.83. The molecule has 3 rings (SSSR count). The fourth-order valence-corrected chi connectivity index (χ4v) is 3.41. The molecule has 3 N–H and O–H groups in total. The lowest BCUT2D eigenvalue weighted by Gasteiger charge is -2.22. The van der Waals surface area contributed by atoms with Gasteiger partial charge in [-0.2, -0.15) is 0 Å². The zero-order valence-corrected chi connectivity index (χ0v) is 17.2. The highest BCUT2D eigenvalue weighted by molar-refractivity contribution is 7.98. The second kappa shape index (κ2) is 9.81. The molecule has 30 heavy (non-hydrogen) atoms. The van der Waals surface area contributed by atoms with Crippen molar-refractivity contribution < 1.29 is 23.4 Å². The lowest BCUT2D eigenvalue weighted by Crippen LogP contribution is -2.35. The number of aliphatic hydroxyl groups is 1. The molecule has 0 bridgehead atoms. The third-order valence-electron chi connectivity index (χ3n) is 4.09. The van der Waals surface area contributed by atoms with Gasteiger partial charge in [0.25, 0.3) is 0 Å². The van der Waals surface area contributed by atoms with Crippen molar-refractivity contribution >= 4 is 41.3 Å². The standard InChI is InChI=1S/C19H21F2N5O3S/c1-3-29-18(28)13-7-22-15-16(23-10(2)8-27)25-19(26-17(15)24-13)30-9-11-5-4-6-12(20)14(11)21/h4-7,10,13,27H,3,8-9H2,1-2H3,(H2,23,24,25,26)/t10-,13?/m1/s1. The molecule has 0 saturated carbocycles. The van der Waals surface area contributed by atoms with E-state index in [4.69, 9.17) is 4.74 Å². The minimum absolute atomic E-state index is 0.0992. The van der Waals surface area contributed by atoms with E-state index in [0.717, 1.165) is 17.8 Å². The highest BCUT2D eigenvalue weighted by Crippen LogP contribution is 2.36. The Hall–Kier alpha value is -2.79. The Morgan fingerprint density at radius 3 is 2.93 bits per heavy atom. The van der Waals surface area contributed by atoms with Crippen LogP contribution in [0.4, 0.5) is 26.1 Å². The molecule has 2 heterocycles. The zero-order chi connectivity index (χ0) is 21.7. The lowest BCUT2D eigenvalue weighted by molar-refractivity contribution is -0.142. The molecule has 1 aromatic heterocycles. The number of esters is 1. The Balaban J connectivity index is 1.88. The van der Waals surface area contributed by atoms with E-state index in [-0.39, 0.29) is 35.7 Å². The van der Waals surface area contributed by atoms with Crippen LogP contribution in [-0.4, -0.2) is 52.6 Å². The van der Waals surface area contributed by atoms with Crippen molar-refractivity contribution in [2.75, 3.05) is 23.8 Å². The first-order valence-corrected chi connectivity index (χ1v) is 10.2. The van der Waals surface area contributed by atoms with Gasteiger partial charge in [0.15, 0.2) is 34.5 Å². The number of aliphatic hydroxyl groups excluding tert-OH is 1. The van der Waals surface area contributed by atoms with Gasteiger partial charge >= 0.3 is 5.97 Å². The summed E-state index contributed by atoms with van der Waals surface area (Å²) in [5.41, 5.74) is 0.548. The van der Waals surface area contributed by atoms with E-state index >= 15 is 0 Å². The number of hydrogen-bond donors (Lipinski definition) is 3. The molecule has 2 atom stereocenters. The van der Waals surface area contributed by atoms with Crippen LogP contribution in [0.1, 0.15) is 19.4 Å². The third-order valence-corrected chi connectivity index (χ3v) is 4.99. The minimum Gasteiger partial charge on any atom is -0.464 e. The number of nitrogens with one attached hydrogen (secondary N) is 2. The van der Waals surface area contributed by atoms with Crippen molar-refractivity contribution in [3.63, 3.8) is 0 Å². The minimum atomic E-state index is -0.924. The van der Waals surface area contributed by atoms with Crippen molar-refractivity contribution in [1.29, 1.82) is 0 Å². The monoisotopic (exact) mass is 437 g/mol. The van der Waals surface area contributed by atoms with Crippen molar-refractivity contribution in [3.8, 4) is 0 Å². The van der Waals surface area contributed by atoms with Crippen molar-refractivity contribution in [1.82, 2.24) is 9.97 Å². The van der Waals surface area contributed by atoms with E-state index < -0.39 is 23.6 Å². The number of rotatable bonds is 8. The van der Waals surface area contributed by atoms with Gasteiger partial charge in [-0.15, -0.1) is 0 Å². The number of fused-ring (bicyclic) bond motifs is 1. The number of carbonyl (C=O) groups is 1. The maximum absolute atomic E-state index is 13.9. The van der Waals surface area contributed by atoms with E-state index in [0.29, 0.717) is 17.3 Å². The predicted octanol–water partition coefficient (Wildman–Crippen LogP) is 2.90. The number of hydrogen-bond acceptors (Lipinski definition) is 9. The lowest BCUT2D eigenvalue weighted by atomic mass is 10.2. The Morgan fingerprint density at radius 1 is 1.40 bits per heavy atom. The molecule has 2 aromatic rings. The van der Waals surface area contributed by atoms with Crippen LogP contribution < -0.4 is 10.6 Å². The summed E-state index contributed by atoms with van der Waals surface area (Å²) >= 11 is 1.10. The topological polar surface area (TPSA) is 109 Å². The van der Waals surface area contributed by atoms with Gasteiger partial charge < -0.3 is 20.5 Å². The smallest absolute Gasteiger partial charge is 0.334 e. The van der Waals surface area contributed by atoms with Crippen molar-refractivity contribution in [2.45, 2.75) is 36.8 Å². The molecule has 0 fully saturated rings. The Bertz CT molecular complexity index is 960. The number of carbonyl (C=O) groups excluding carboxylic acids is 1. The van der Waals surface area contributed by atoms with Gasteiger partial charge in [-0.3, -0.25) is 4.99 Å². The Morgan fingerprint density at radius 2 is 2.20 bits per heavy atom. The SMILES string of the molecule is CCOC(=O)C1C=Nc2c(nc(SCc3cccc(F)c3F)nc2N[C@H](C)CO)N1. The maximum Gasteiger partial charge on any atom is 0.334 e. The highest BCUT2D eigenvalue weighted by Gasteiger charge is 2.26. The maximum atomic E-state index is 13.9. The first kappa shape index (κ1) is 21.9. The van der Waals surface area contributed by atoms with Crippen LogP contribution in [0.5, 0.6) is 0 Å². The van der Waals surface area contributed by atoms with Gasteiger partial charge in [0, 0.05) is 23.6 Å². The summed E-state index contributed by atoms with van der Waals surface area (Å²) in [6.45, 7) is 3.54. The number of thioether (sulfide) groups is 1.